The summed E-state index contributed by atoms with van der Waals surface area (Å²) in [5.41, 5.74) is 1.23. The molecule has 0 radical (unpaired) electrons. The third kappa shape index (κ3) is 2.76. The van der Waals surface area contributed by atoms with Crippen LogP contribution >= 0.6 is 24.0 Å². The largest absolute Gasteiger partial charge is 0.333 e. The van der Waals surface area contributed by atoms with Crippen molar-refractivity contribution in [2.45, 2.75) is 6.42 Å². The van der Waals surface area contributed by atoms with Gasteiger partial charge in [0.1, 0.15) is 11.0 Å². The Balaban J connectivity index is 0.000000980. The van der Waals surface area contributed by atoms with Crippen LogP contribution < -0.4 is 0 Å². The number of hydrogen-bond donors (Lipinski definition) is 1. The second-order valence-electron chi connectivity index (χ2n) is 2.84. The average Bonchev–Trinajstić information content (AvgIpc) is 2.53. The van der Waals surface area contributed by atoms with Gasteiger partial charge in [-0.3, -0.25) is 0 Å². The third-order valence-electron chi connectivity index (χ3n) is 1.81. The predicted molar refractivity (Wildman–Crippen MR) is 60.1 cm³/mol. The quantitative estimate of drug-likeness (QED) is 0.842. The molecule has 2 aromatic rings. The molecule has 0 unspecified atom stereocenters. The lowest BCUT2D eigenvalue weighted by molar-refractivity contribution is 1.03. The molecule has 1 heterocycles. The fourth-order valence-electron chi connectivity index (χ4n) is 1.22. The van der Waals surface area contributed by atoms with Crippen LogP contribution in [0, 0.1) is 0 Å². The highest BCUT2D eigenvalue weighted by Crippen LogP contribution is 2.08. The SMILES string of the molecule is Cl.Clc1cnc(Cc2ccccc2)[nH]1. The van der Waals surface area contributed by atoms with E-state index in [1.54, 1.807) is 6.20 Å². The predicted octanol–water partition coefficient (Wildman–Crippen LogP) is 3.08. The number of hydrogen-bond acceptors (Lipinski definition) is 1. The Morgan fingerprint density at radius 1 is 1.21 bits per heavy atom. The van der Waals surface area contributed by atoms with Gasteiger partial charge in [0, 0.05) is 6.42 Å². The molecule has 0 saturated heterocycles. The lowest BCUT2D eigenvalue weighted by atomic mass is 10.1. The molecule has 0 atom stereocenters. The molecule has 74 valence electrons. The molecule has 0 saturated carbocycles. The Morgan fingerprint density at radius 2 is 1.93 bits per heavy atom. The normalized spacial score (nSPS) is 9.50. The van der Waals surface area contributed by atoms with Gasteiger partial charge in [0.05, 0.1) is 6.20 Å². The van der Waals surface area contributed by atoms with Crippen molar-refractivity contribution >= 4 is 24.0 Å². The molecule has 4 heteroatoms. The number of aromatic nitrogens is 2. The highest BCUT2D eigenvalue weighted by molar-refractivity contribution is 6.29. The first-order chi connectivity index (χ1) is 6.34. The van der Waals surface area contributed by atoms with Crippen LogP contribution in [-0.2, 0) is 6.42 Å². The maximum Gasteiger partial charge on any atom is 0.126 e. The minimum absolute atomic E-state index is 0. The second-order valence-corrected chi connectivity index (χ2v) is 3.25. The Morgan fingerprint density at radius 3 is 2.50 bits per heavy atom. The zero-order valence-corrected chi connectivity index (χ0v) is 8.98. The van der Waals surface area contributed by atoms with Crippen molar-refractivity contribution in [3.8, 4) is 0 Å². The van der Waals surface area contributed by atoms with Crippen molar-refractivity contribution in [3.05, 3.63) is 53.1 Å². The molecule has 0 aliphatic rings. The van der Waals surface area contributed by atoms with E-state index in [1.165, 1.54) is 5.56 Å². The monoisotopic (exact) mass is 228 g/mol. The maximum atomic E-state index is 5.71. The van der Waals surface area contributed by atoms with Gasteiger partial charge in [-0.2, -0.15) is 0 Å². The zero-order valence-electron chi connectivity index (χ0n) is 7.40. The Labute approximate surface area is 93.7 Å². The molecule has 2 rings (SSSR count). The van der Waals surface area contributed by atoms with Crippen LogP contribution in [0.2, 0.25) is 5.15 Å². The molecule has 1 aromatic carbocycles. The topological polar surface area (TPSA) is 28.7 Å². The molecule has 0 aliphatic heterocycles. The number of nitrogens with one attached hydrogen (secondary N) is 1. The van der Waals surface area contributed by atoms with E-state index in [-0.39, 0.29) is 12.4 Å². The average molecular weight is 229 g/mol. The zero-order chi connectivity index (χ0) is 9.10. The second kappa shape index (κ2) is 5.03. The van der Waals surface area contributed by atoms with Crippen molar-refractivity contribution in [1.29, 1.82) is 0 Å². The van der Waals surface area contributed by atoms with Gasteiger partial charge in [-0.15, -0.1) is 12.4 Å². The number of H-pyrrole nitrogens is 1. The van der Waals surface area contributed by atoms with Crippen LogP contribution in [0.5, 0.6) is 0 Å². The van der Waals surface area contributed by atoms with Crippen LogP contribution in [0.15, 0.2) is 36.5 Å². The Bertz CT molecular complexity index is 384. The number of rotatable bonds is 2. The van der Waals surface area contributed by atoms with E-state index in [0.717, 1.165) is 12.2 Å². The third-order valence-corrected chi connectivity index (χ3v) is 2.00. The van der Waals surface area contributed by atoms with E-state index in [0.29, 0.717) is 5.15 Å². The van der Waals surface area contributed by atoms with Crippen LogP contribution in [0.1, 0.15) is 11.4 Å². The highest BCUT2D eigenvalue weighted by atomic mass is 35.5. The van der Waals surface area contributed by atoms with Crippen molar-refractivity contribution < 1.29 is 0 Å². The fourth-order valence-corrected chi connectivity index (χ4v) is 1.37. The summed E-state index contributed by atoms with van der Waals surface area (Å²) in [6.07, 6.45) is 2.42. The number of imidazole rings is 1. The van der Waals surface area contributed by atoms with E-state index in [2.05, 4.69) is 22.1 Å². The number of aromatic amines is 1. The van der Waals surface area contributed by atoms with Gasteiger partial charge in [0.15, 0.2) is 0 Å². The molecule has 0 aliphatic carbocycles. The summed E-state index contributed by atoms with van der Waals surface area (Å²) in [7, 11) is 0. The smallest absolute Gasteiger partial charge is 0.126 e. The van der Waals surface area contributed by atoms with E-state index in [1.807, 2.05) is 18.2 Å². The summed E-state index contributed by atoms with van der Waals surface area (Å²) in [5.74, 6) is 0.899. The maximum absolute atomic E-state index is 5.71. The van der Waals surface area contributed by atoms with E-state index < -0.39 is 0 Å². The molecular weight excluding hydrogens is 219 g/mol. The van der Waals surface area contributed by atoms with Crippen molar-refractivity contribution in [2.24, 2.45) is 0 Å². The van der Waals surface area contributed by atoms with E-state index in [9.17, 15) is 0 Å². The summed E-state index contributed by atoms with van der Waals surface area (Å²) < 4.78 is 0. The lowest BCUT2D eigenvalue weighted by Crippen LogP contribution is -1.89. The standard InChI is InChI=1S/C10H9ClN2.ClH/c11-9-7-12-10(13-9)6-8-4-2-1-3-5-8;/h1-5,7H,6H2,(H,12,13);1H. The first kappa shape index (κ1) is 11.1. The van der Waals surface area contributed by atoms with Crippen LogP contribution in [-0.4, -0.2) is 9.97 Å². The van der Waals surface area contributed by atoms with Gasteiger partial charge in [0.25, 0.3) is 0 Å². The fraction of sp³-hybridized carbons (Fsp3) is 0.100. The molecular formula is C10H10Cl2N2. The minimum atomic E-state index is 0. The summed E-state index contributed by atoms with van der Waals surface area (Å²) in [5, 5.41) is 0.589. The van der Waals surface area contributed by atoms with Crippen molar-refractivity contribution in [3.63, 3.8) is 0 Å². The summed E-state index contributed by atoms with van der Waals surface area (Å²) in [6.45, 7) is 0. The Hall–Kier alpha value is -0.990. The number of benzene rings is 1. The Kier molecular flexibility index (Phi) is 3.98. The molecule has 1 N–H and O–H groups in total. The first-order valence-electron chi connectivity index (χ1n) is 4.08. The van der Waals surface area contributed by atoms with Gasteiger partial charge in [0.2, 0.25) is 0 Å². The lowest BCUT2D eigenvalue weighted by Gasteiger charge is -1.96. The number of nitrogens with zero attached hydrogens (tertiary/aromatic N) is 1. The van der Waals surface area contributed by atoms with E-state index in [4.69, 9.17) is 11.6 Å². The van der Waals surface area contributed by atoms with Crippen molar-refractivity contribution in [2.75, 3.05) is 0 Å². The number of halogens is 2. The molecule has 0 fully saturated rings. The molecule has 0 spiro atoms. The summed E-state index contributed by atoms with van der Waals surface area (Å²) in [6, 6.07) is 10.2. The highest BCUT2D eigenvalue weighted by Gasteiger charge is 1.98. The summed E-state index contributed by atoms with van der Waals surface area (Å²) in [4.78, 5) is 7.10. The summed E-state index contributed by atoms with van der Waals surface area (Å²) >= 11 is 5.71. The van der Waals surface area contributed by atoms with Crippen molar-refractivity contribution in [1.82, 2.24) is 9.97 Å². The molecule has 0 amide bonds. The minimum Gasteiger partial charge on any atom is -0.333 e. The van der Waals surface area contributed by atoms with Crippen LogP contribution in [0.4, 0.5) is 0 Å². The molecule has 0 bridgehead atoms. The van der Waals surface area contributed by atoms with E-state index >= 15 is 0 Å². The van der Waals surface area contributed by atoms with Gasteiger partial charge in [-0.05, 0) is 5.56 Å². The molecule has 1 aromatic heterocycles. The van der Waals surface area contributed by atoms with Gasteiger partial charge >= 0.3 is 0 Å². The first-order valence-corrected chi connectivity index (χ1v) is 4.46. The van der Waals surface area contributed by atoms with Crippen LogP contribution in [0.3, 0.4) is 0 Å². The van der Waals surface area contributed by atoms with Crippen LogP contribution in [0.25, 0.3) is 0 Å². The van der Waals surface area contributed by atoms with Gasteiger partial charge in [-0.1, -0.05) is 41.9 Å². The van der Waals surface area contributed by atoms with Gasteiger partial charge in [-0.25, -0.2) is 4.98 Å². The molecule has 2 nitrogen and oxygen atoms in total. The molecule has 14 heavy (non-hydrogen) atoms. The van der Waals surface area contributed by atoms with Gasteiger partial charge < -0.3 is 4.98 Å².